The first kappa shape index (κ1) is 15.3. The average Bonchev–Trinajstić information content (AvgIpc) is 2.75. The number of ether oxygens (including phenoxy) is 2. The summed E-state index contributed by atoms with van der Waals surface area (Å²) in [6.45, 7) is 6.96. The van der Waals surface area contributed by atoms with E-state index < -0.39 is 0 Å². The van der Waals surface area contributed by atoms with Gasteiger partial charge in [0.15, 0.2) is 0 Å². The Morgan fingerprint density at radius 2 is 2.05 bits per heavy atom. The molecule has 112 valence electrons. The molecule has 1 fully saturated rings. The standard InChI is InChI=1S/C17H27NO2/c1-13(18)4-5-14-6-8-15(9-7-14)19-12-16-10-11-17(2,3)20-16/h6-9,13,16H,4-5,10-12,18H2,1-3H3. The fourth-order valence-corrected chi connectivity index (χ4v) is 2.53. The van der Waals surface area contributed by atoms with Gasteiger partial charge in [-0.3, -0.25) is 0 Å². The Bertz CT molecular complexity index is 412. The zero-order valence-corrected chi connectivity index (χ0v) is 12.9. The lowest BCUT2D eigenvalue weighted by atomic mass is 10.1. The van der Waals surface area contributed by atoms with E-state index in [1.807, 2.05) is 19.1 Å². The minimum atomic E-state index is 0.0107. The molecule has 0 radical (unpaired) electrons. The smallest absolute Gasteiger partial charge is 0.119 e. The van der Waals surface area contributed by atoms with E-state index in [0.717, 1.165) is 31.4 Å². The summed E-state index contributed by atoms with van der Waals surface area (Å²) in [6.07, 6.45) is 4.46. The van der Waals surface area contributed by atoms with Crippen LogP contribution in [0.4, 0.5) is 0 Å². The van der Waals surface area contributed by atoms with Crippen molar-refractivity contribution in [1.82, 2.24) is 0 Å². The molecule has 3 nitrogen and oxygen atoms in total. The summed E-state index contributed by atoms with van der Waals surface area (Å²) in [5.41, 5.74) is 7.09. The van der Waals surface area contributed by atoms with Crippen molar-refractivity contribution in [3.05, 3.63) is 29.8 Å². The number of hydrogen-bond acceptors (Lipinski definition) is 3. The quantitative estimate of drug-likeness (QED) is 0.867. The van der Waals surface area contributed by atoms with Crippen molar-refractivity contribution < 1.29 is 9.47 Å². The summed E-state index contributed by atoms with van der Waals surface area (Å²) in [7, 11) is 0. The third-order valence-corrected chi connectivity index (χ3v) is 3.80. The van der Waals surface area contributed by atoms with E-state index in [0.29, 0.717) is 6.61 Å². The number of nitrogens with two attached hydrogens (primary N) is 1. The average molecular weight is 277 g/mol. The molecule has 0 aliphatic carbocycles. The zero-order valence-electron chi connectivity index (χ0n) is 12.9. The molecule has 3 heteroatoms. The van der Waals surface area contributed by atoms with Crippen molar-refractivity contribution in [2.75, 3.05) is 6.61 Å². The molecule has 2 atom stereocenters. The van der Waals surface area contributed by atoms with Crippen molar-refractivity contribution >= 4 is 0 Å². The molecule has 1 aliphatic rings. The van der Waals surface area contributed by atoms with Gasteiger partial charge < -0.3 is 15.2 Å². The highest BCUT2D eigenvalue weighted by Gasteiger charge is 2.31. The fraction of sp³-hybridized carbons (Fsp3) is 0.647. The summed E-state index contributed by atoms with van der Waals surface area (Å²) in [5, 5.41) is 0. The molecule has 1 aliphatic heterocycles. The van der Waals surface area contributed by atoms with E-state index in [-0.39, 0.29) is 17.7 Å². The van der Waals surface area contributed by atoms with E-state index in [4.69, 9.17) is 15.2 Å². The molecule has 1 aromatic carbocycles. The highest BCUT2D eigenvalue weighted by Crippen LogP contribution is 2.29. The van der Waals surface area contributed by atoms with Gasteiger partial charge in [0, 0.05) is 6.04 Å². The maximum absolute atomic E-state index is 5.92. The van der Waals surface area contributed by atoms with Crippen molar-refractivity contribution in [3.8, 4) is 5.75 Å². The molecule has 2 N–H and O–H groups in total. The second-order valence-corrected chi connectivity index (χ2v) is 6.51. The number of aryl methyl sites for hydroxylation is 1. The van der Waals surface area contributed by atoms with E-state index in [2.05, 4.69) is 26.0 Å². The summed E-state index contributed by atoms with van der Waals surface area (Å²) in [4.78, 5) is 0. The second-order valence-electron chi connectivity index (χ2n) is 6.51. The lowest BCUT2D eigenvalue weighted by molar-refractivity contribution is -0.0326. The topological polar surface area (TPSA) is 44.5 Å². The Kier molecular flexibility index (Phi) is 5.06. The largest absolute Gasteiger partial charge is 0.491 e. The van der Waals surface area contributed by atoms with Crippen LogP contribution in [0.15, 0.2) is 24.3 Å². The maximum atomic E-state index is 5.92. The van der Waals surface area contributed by atoms with Crippen LogP contribution in [-0.2, 0) is 11.2 Å². The molecule has 0 spiro atoms. The van der Waals surface area contributed by atoms with Gasteiger partial charge in [-0.25, -0.2) is 0 Å². The summed E-state index contributed by atoms with van der Waals surface area (Å²) in [5.74, 6) is 0.919. The Morgan fingerprint density at radius 1 is 1.35 bits per heavy atom. The van der Waals surface area contributed by atoms with Crippen molar-refractivity contribution in [3.63, 3.8) is 0 Å². The van der Waals surface area contributed by atoms with Gasteiger partial charge in [-0.1, -0.05) is 12.1 Å². The number of benzene rings is 1. The molecule has 1 aromatic rings. The molecule has 2 unspecified atom stereocenters. The Hall–Kier alpha value is -1.06. The van der Waals surface area contributed by atoms with E-state index in [1.165, 1.54) is 5.56 Å². The number of hydrogen-bond donors (Lipinski definition) is 1. The molecular formula is C17H27NO2. The third kappa shape index (κ3) is 4.80. The van der Waals surface area contributed by atoms with Gasteiger partial charge in [0.05, 0.1) is 11.7 Å². The van der Waals surface area contributed by atoms with Crippen molar-refractivity contribution in [1.29, 1.82) is 0 Å². The third-order valence-electron chi connectivity index (χ3n) is 3.80. The molecule has 1 saturated heterocycles. The molecule has 0 bridgehead atoms. The van der Waals surface area contributed by atoms with Crippen LogP contribution < -0.4 is 10.5 Å². The lowest BCUT2D eigenvalue weighted by Gasteiger charge is -2.19. The lowest BCUT2D eigenvalue weighted by Crippen LogP contribution is -2.23. The first-order valence-corrected chi connectivity index (χ1v) is 7.60. The van der Waals surface area contributed by atoms with Gasteiger partial charge in [-0.2, -0.15) is 0 Å². The van der Waals surface area contributed by atoms with E-state index >= 15 is 0 Å². The zero-order chi connectivity index (χ0) is 14.6. The second kappa shape index (κ2) is 6.59. The molecule has 0 amide bonds. The molecular weight excluding hydrogens is 250 g/mol. The van der Waals surface area contributed by atoms with Crippen molar-refractivity contribution in [2.45, 2.75) is 64.2 Å². The van der Waals surface area contributed by atoms with Gasteiger partial charge in [0.25, 0.3) is 0 Å². The first-order valence-electron chi connectivity index (χ1n) is 7.60. The summed E-state index contributed by atoms with van der Waals surface area (Å²) < 4.78 is 11.7. The van der Waals surface area contributed by atoms with Crippen LogP contribution >= 0.6 is 0 Å². The monoisotopic (exact) mass is 277 g/mol. The minimum Gasteiger partial charge on any atom is -0.491 e. The van der Waals surface area contributed by atoms with Gasteiger partial charge in [-0.15, -0.1) is 0 Å². The number of rotatable bonds is 6. The first-order chi connectivity index (χ1) is 9.44. The molecule has 1 heterocycles. The minimum absolute atomic E-state index is 0.0107. The highest BCUT2D eigenvalue weighted by atomic mass is 16.6. The van der Waals surface area contributed by atoms with Crippen LogP contribution in [0.25, 0.3) is 0 Å². The van der Waals surface area contributed by atoms with Crippen molar-refractivity contribution in [2.24, 2.45) is 5.73 Å². The fourth-order valence-electron chi connectivity index (χ4n) is 2.53. The van der Waals surface area contributed by atoms with Crippen LogP contribution in [0.1, 0.15) is 45.6 Å². The summed E-state index contributed by atoms with van der Waals surface area (Å²) >= 11 is 0. The van der Waals surface area contributed by atoms with Crippen LogP contribution in [0.3, 0.4) is 0 Å². The normalized spacial score (nSPS) is 22.7. The van der Waals surface area contributed by atoms with Crippen LogP contribution in [-0.4, -0.2) is 24.4 Å². The summed E-state index contributed by atoms with van der Waals surface area (Å²) in [6, 6.07) is 8.58. The SMILES string of the molecule is CC(N)CCc1ccc(OCC2CCC(C)(C)O2)cc1. The Labute approximate surface area is 122 Å². The van der Waals surface area contributed by atoms with E-state index in [1.54, 1.807) is 0 Å². The molecule has 0 saturated carbocycles. The Morgan fingerprint density at radius 3 is 2.60 bits per heavy atom. The van der Waals surface area contributed by atoms with Crippen LogP contribution in [0.5, 0.6) is 5.75 Å². The van der Waals surface area contributed by atoms with Crippen LogP contribution in [0.2, 0.25) is 0 Å². The van der Waals surface area contributed by atoms with E-state index in [9.17, 15) is 0 Å². The van der Waals surface area contributed by atoms with Gasteiger partial charge >= 0.3 is 0 Å². The van der Waals surface area contributed by atoms with Crippen LogP contribution in [0, 0.1) is 0 Å². The molecule has 20 heavy (non-hydrogen) atoms. The predicted octanol–water partition coefficient (Wildman–Crippen LogP) is 3.30. The van der Waals surface area contributed by atoms with Gasteiger partial charge in [-0.05, 0) is 64.2 Å². The predicted molar refractivity (Wildman–Crippen MR) is 82.1 cm³/mol. The molecule has 2 rings (SSSR count). The maximum Gasteiger partial charge on any atom is 0.119 e. The highest BCUT2D eigenvalue weighted by molar-refractivity contribution is 5.27. The van der Waals surface area contributed by atoms with Gasteiger partial charge in [0.2, 0.25) is 0 Å². The Balaban J connectivity index is 1.76. The van der Waals surface area contributed by atoms with Gasteiger partial charge in [0.1, 0.15) is 12.4 Å². The molecule has 0 aromatic heterocycles.